The minimum atomic E-state index is 0.109. The van der Waals surface area contributed by atoms with Crippen molar-refractivity contribution in [1.82, 2.24) is 4.90 Å². The molecule has 0 fully saturated rings. The van der Waals surface area contributed by atoms with Crippen molar-refractivity contribution in [2.75, 3.05) is 13.1 Å². The summed E-state index contributed by atoms with van der Waals surface area (Å²) < 4.78 is 0. The van der Waals surface area contributed by atoms with E-state index in [0.29, 0.717) is 31.8 Å². The molecule has 0 heterocycles. The SMILES string of the molecule is Cc1ccccc1CC(=O)N(CCC#N)CC(C)C. The molecule has 0 atom stereocenters. The van der Waals surface area contributed by atoms with Crippen LogP contribution in [0.3, 0.4) is 0 Å². The van der Waals surface area contributed by atoms with Crippen molar-refractivity contribution in [1.29, 1.82) is 5.26 Å². The van der Waals surface area contributed by atoms with Gasteiger partial charge >= 0.3 is 0 Å². The Morgan fingerprint density at radius 1 is 1.37 bits per heavy atom. The molecular weight excluding hydrogens is 236 g/mol. The van der Waals surface area contributed by atoms with E-state index in [1.165, 1.54) is 0 Å². The van der Waals surface area contributed by atoms with Gasteiger partial charge in [0.15, 0.2) is 0 Å². The van der Waals surface area contributed by atoms with E-state index in [1.807, 2.05) is 31.2 Å². The van der Waals surface area contributed by atoms with Crippen molar-refractivity contribution in [2.45, 2.75) is 33.6 Å². The highest BCUT2D eigenvalue weighted by molar-refractivity contribution is 5.79. The predicted octanol–water partition coefficient (Wildman–Crippen LogP) is 2.94. The quantitative estimate of drug-likeness (QED) is 0.787. The summed E-state index contributed by atoms with van der Waals surface area (Å²) in [6.07, 6.45) is 0.817. The first-order chi connectivity index (χ1) is 9.04. The van der Waals surface area contributed by atoms with Gasteiger partial charge in [-0.1, -0.05) is 38.1 Å². The number of carbonyl (C=O) groups is 1. The van der Waals surface area contributed by atoms with Crippen LogP contribution < -0.4 is 0 Å². The zero-order chi connectivity index (χ0) is 14.3. The lowest BCUT2D eigenvalue weighted by atomic mass is 10.0. The first kappa shape index (κ1) is 15.2. The molecule has 0 aliphatic rings. The molecule has 0 aliphatic heterocycles. The van der Waals surface area contributed by atoms with Gasteiger partial charge in [0, 0.05) is 13.1 Å². The van der Waals surface area contributed by atoms with E-state index >= 15 is 0 Å². The minimum absolute atomic E-state index is 0.109. The van der Waals surface area contributed by atoms with Gasteiger partial charge in [-0.25, -0.2) is 0 Å². The zero-order valence-corrected chi connectivity index (χ0v) is 12.0. The molecule has 0 bridgehead atoms. The Morgan fingerprint density at radius 2 is 2.05 bits per heavy atom. The molecule has 3 nitrogen and oxygen atoms in total. The first-order valence-electron chi connectivity index (χ1n) is 6.73. The van der Waals surface area contributed by atoms with Crippen LogP contribution in [-0.4, -0.2) is 23.9 Å². The minimum Gasteiger partial charge on any atom is -0.341 e. The molecule has 1 aromatic rings. The van der Waals surface area contributed by atoms with Crippen LogP contribution in [-0.2, 0) is 11.2 Å². The molecular formula is C16H22N2O. The molecule has 102 valence electrons. The maximum atomic E-state index is 12.3. The van der Waals surface area contributed by atoms with Crippen molar-refractivity contribution in [3.05, 3.63) is 35.4 Å². The van der Waals surface area contributed by atoms with Gasteiger partial charge in [0.05, 0.1) is 18.9 Å². The lowest BCUT2D eigenvalue weighted by molar-refractivity contribution is -0.130. The zero-order valence-electron chi connectivity index (χ0n) is 12.0. The Kier molecular flexibility index (Phi) is 6.08. The second-order valence-corrected chi connectivity index (χ2v) is 5.24. The fraction of sp³-hybridized carbons (Fsp3) is 0.500. The van der Waals surface area contributed by atoms with E-state index in [2.05, 4.69) is 19.9 Å². The average Bonchev–Trinajstić information content (AvgIpc) is 2.36. The number of carbonyl (C=O) groups excluding carboxylic acids is 1. The Labute approximate surface area is 115 Å². The van der Waals surface area contributed by atoms with Crippen molar-refractivity contribution in [3.8, 4) is 6.07 Å². The molecule has 3 heteroatoms. The summed E-state index contributed by atoms with van der Waals surface area (Å²) in [5, 5.41) is 8.68. The standard InChI is InChI=1S/C16H22N2O/c1-13(2)12-18(10-6-9-17)16(19)11-15-8-5-4-7-14(15)3/h4-5,7-8,13H,6,10-12H2,1-3H3. The van der Waals surface area contributed by atoms with Crippen molar-refractivity contribution >= 4 is 5.91 Å². The summed E-state index contributed by atoms with van der Waals surface area (Å²) in [5.74, 6) is 0.526. The molecule has 19 heavy (non-hydrogen) atoms. The van der Waals surface area contributed by atoms with Crippen LogP contribution in [0, 0.1) is 24.2 Å². The van der Waals surface area contributed by atoms with Gasteiger partial charge in [-0.2, -0.15) is 5.26 Å². The Bertz CT molecular complexity index is 460. The van der Waals surface area contributed by atoms with Crippen LogP contribution in [0.25, 0.3) is 0 Å². The van der Waals surface area contributed by atoms with Gasteiger partial charge in [0.2, 0.25) is 5.91 Å². The van der Waals surface area contributed by atoms with Crippen LogP contribution in [0.1, 0.15) is 31.4 Å². The highest BCUT2D eigenvalue weighted by Gasteiger charge is 2.15. The van der Waals surface area contributed by atoms with Crippen molar-refractivity contribution in [3.63, 3.8) is 0 Å². The number of hydrogen-bond acceptors (Lipinski definition) is 2. The highest BCUT2D eigenvalue weighted by Crippen LogP contribution is 2.10. The number of hydrogen-bond donors (Lipinski definition) is 0. The van der Waals surface area contributed by atoms with Gasteiger partial charge in [0.1, 0.15) is 0 Å². The fourth-order valence-electron chi connectivity index (χ4n) is 2.03. The monoisotopic (exact) mass is 258 g/mol. The van der Waals surface area contributed by atoms with Crippen LogP contribution in [0.2, 0.25) is 0 Å². The van der Waals surface area contributed by atoms with Crippen LogP contribution in [0.5, 0.6) is 0 Å². The fourth-order valence-corrected chi connectivity index (χ4v) is 2.03. The Balaban J connectivity index is 2.71. The van der Waals surface area contributed by atoms with Crippen molar-refractivity contribution in [2.24, 2.45) is 5.92 Å². The van der Waals surface area contributed by atoms with Crippen LogP contribution in [0.15, 0.2) is 24.3 Å². The molecule has 0 unspecified atom stereocenters. The normalized spacial score (nSPS) is 10.3. The molecule has 0 radical (unpaired) electrons. The predicted molar refractivity (Wildman–Crippen MR) is 76.5 cm³/mol. The van der Waals surface area contributed by atoms with E-state index < -0.39 is 0 Å². The van der Waals surface area contributed by atoms with E-state index in [-0.39, 0.29) is 5.91 Å². The third-order valence-corrected chi connectivity index (χ3v) is 3.03. The summed E-state index contributed by atoms with van der Waals surface area (Å²) >= 11 is 0. The topological polar surface area (TPSA) is 44.1 Å². The number of aryl methyl sites for hydroxylation is 1. The number of benzene rings is 1. The van der Waals surface area contributed by atoms with E-state index in [4.69, 9.17) is 5.26 Å². The summed E-state index contributed by atoms with van der Waals surface area (Å²) in [6.45, 7) is 7.43. The molecule has 0 N–H and O–H groups in total. The lowest BCUT2D eigenvalue weighted by Gasteiger charge is -2.24. The molecule has 1 rings (SSSR count). The smallest absolute Gasteiger partial charge is 0.227 e. The van der Waals surface area contributed by atoms with E-state index in [0.717, 1.165) is 11.1 Å². The maximum Gasteiger partial charge on any atom is 0.227 e. The molecule has 0 aromatic heterocycles. The molecule has 0 spiro atoms. The lowest BCUT2D eigenvalue weighted by Crippen LogP contribution is -2.36. The molecule has 0 aliphatic carbocycles. The summed E-state index contributed by atoms with van der Waals surface area (Å²) in [5.41, 5.74) is 2.21. The summed E-state index contributed by atoms with van der Waals surface area (Å²) in [6, 6.07) is 10.1. The highest BCUT2D eigenvalue weighted by atomic mass is 16.2. The van der Waals surface area contributed by atoms with E-state index in [1.54, 1.807) is 4.90 Å². The Hall–Kier alpha value is -1.82. The number of amides is 1. The van der Waals surface area contributed by atoms with E-state index in [9.17, 15) is 4.79 Å². The van der Waals surface area contributed by atoms with Crippen molar-refractivity contribution < 1.29 is 4.79 Å². The number of rotatable bonds is 6. The third kappa shape index (κ3) is 5.13. The number of nitriles is 1. The molecule has 0 saturated heterocycles. The first-order valence-corrected chi connectivity index (χ1v) is 6.73. The average molecular weight is 258 g/mol. The second kappa shape index (κ2) is 7.58. The number of nitrogens with zero attached hydrogens (tertiary/aromatic N) is 2. The maximum absolute atomic E-state index is 12.3. The van der Waals surface area contributed by atoms with Crippen LogP contribution >= 0.6 is 0 Å². The van der Waals surface area contributed by atoms with Gasteiger partial charge in [0.25, 0.3) is 0 Å². The van der Waals surface area contributed by atoms with Gasteiger partial charge in [-0.3, -0.25) is 4.79 Å². The van der Waals surface area contributed by atoms with Crippen LogP contribution in [0.4, 0.5) is 0 Å². The Morgan fingerprint density at radius 3 is 2.63 bits per heavy atom. The van der Waals surface area contributed by atoms with Gasteiger partial charge < -0.3 is 4.90 Å². The largest absolute Gasteiger partial charge is 0.341 e. The summed E-state index contributed by atoms with van der Waals surface area (Å²) in [4.78, 5) is 14.1. The third-order valence-electron chi connectivity index (χ3n) is 3.03. The molecule has 1 aromatic carbocycles. The van der Waals surface area contributed by atoms with Gasteiger partial charge in [-0.15, -0.1) is 0 Å². The molecule has 0 saturated carbocycles. The van der Waals surface area contributed by atoms with Gasteiger partial charge in [-0.05, 0) is 24.0 Å². The molecule has 1 amide bonds. The second-order valence-electron chi connectivity index (χ2n) is 5.24. The summed E-state index contributed by atoms with van der Waals surface area (Å²) in [7, 11) is 0.